The van der Waals surface area contributed by atoms with Crippen molar-refractivity contribution in [3.63, 3.8) is 0 Å². The molecule has 122 valence electrons. The van der Waals surface area contributed by atoms with E-state index >= 15 is 0 Å². The van der Waals surface area contributed by atoms with E-state index in [4.69, 9.17) is 14.2 Å². The predicted octanol–water partition coefficient (Wildman–Crippen LogP) is 2.58. The molecule has 0 aliphatic rings. The zero-order valence-corrected chi connectivity index (χ0v) is 13.0. The predicted molar refractivity (Wildman–Crippen MR) is 77.9 cm³/mol. The summed E-state index contributed by atoms with van der Waals surface area (Å²) in [6.07, 6.45) is 0. The van der Waals surface area contributed by atoms with E-state index < -0.39 is 16.6 Å². The Morgan fingerprint density at radius 1 is 1.09 bits per heavy atom. The lowest BCUT2D eigenvalue weighted by molar-refractivity contribution is -0.385. The standard InChI is InChI=1S/C14H19NO7/c1-5-20-10-8-9(15(17)18)11(14(16)19-4)13(22-7-3)12(10)21-6-2/h8H,5-7H2,1-4H3. The molecule has 0 bridgehead atoms. The minimum absolute atomic E-state index is 0.0474. The zero-order valence-electron chi connectivity index (χ0n) is 13.0. The van der Waals surface area contributed by atoms with Gasteiger partial charge in [0.15, 0.2) is 17.1 Å². The van der Waals surface area contributed by atoms with Gasteiger partial charge in [-0.2, -0.15) is 0 Å². The highest BCUT2D eigenvalue weighted by molar-refractivity contribution is 5.98. The van der Waals surface area contributed by atoms with Crippen LogP contribution >= 0.6 is 0 Å². The molecule has 22 heavy (non-hydrogen) atoms. The summed E-state index contributed by atoms with van der Waals surface area (Å²) in [5, 5.41) is 11.3. The molecule has 0 saturated heterocycles. The van der Waals surface area contributed by atoms with Crippen molar-refractivity contribution < 1.29 is 28.7 Å². The van der Waals surface area contributed by atoms with Crippen LogP contribution in [0.2, 0.25) is 0 Å². The molecule has 0 aliphatic heterocycles. The fraction of sp³-hybridized carbons (Fsp3) is 0.500. The van der Waals surface area contributed by atoms with E-state index in [1.807, 2.05) is 0 Å². The normalized spacial score (nSPS) is 10.0. The van der Waals surface area contributed by atoms with E-state index in [0.29, 0.717) is 0 Å². The maximum atomic E-state index is 12.0. The molecule has 8 nitrogen and oxygen atoms in total. The maximum Gasteiger partial charge on any atom is 0.348 e. The van der Waals surface area contributed by atoms with Crippen LogP contribution in [-0.4, -0.2) is 37.8 Å². The lowest BCUT2D eigenvalue weighted by Crippen LogP contribution is -2.12. The summed E-state index contributed by atoms with van der Waals surface area (Å²) in [7, 11) is 1.14. The second kappa shape index (κ2) is 8.06. The summed E-state index contributed by atoms with van der Waals surface area (Å²) in [6, 6.07) is 1.14. The van der Waals surface area contributed by atoms with Crippen LogP contribution in [-0.2, 0) is 4.74 Å². The molecule has 0 unspecified atom stereocenters. The number of nitro groups is 1. The van der Waals surface area contributed by atoms with E-state index in [9.17, 15) is 14.9 Å². The first-order chi connectivity index (χ1) is 10.5. The Kier molecular flexibility index (Phi) is 6.43. The van der Waals surface area contributed by atoms with E-state index in [-0.39, 0.29) is 42.6 Å². The monoisotopic (exact) mass is 313 g/mol. The molecule has 0 aliphatic carbocycles. The Morgan fingerprint density at radius 3 is 2.09 bits per heavy atom. The third kappa shape index (κ3) is 3.57. The number of esters is 1. The van der Waals surface area contributed by atoms with Crippen LogP contribution in [0.3, 0.4) is 0 Å². The van der Waals surface area contributed by atoms with Crippen LogP contribution in [0.4, 0.5) is 5.69 Å². The quantitative estimate of drug-likeness (QED) is 0.413. The summed E-state index contributed by atoms with van der Waals surface area (Å²) >= 11 is 0. The van der Waals surface area contributed by atoms with Gasteiger partial charge in [0, 0.05) is 0 Å². The fourth-order valence-electron chi connectivity index (χ4n) is 1.87. The Bertz CT molecular complexity index is 557. The van der Waals surface area contributed by atoms with Crippen LogP contribution in [0.5, 0.6) is 17.2 Å². The van der Waals surface area contributed by atoms with Crippen molar-refractivity contribution in [1.82, 2.24) is 0 Å². The lowest BCUT2D eigenvalue weighted by Gasteiger charge is -2.17. The van der Waals surface area contributed by atoms with Gasteiger partial charge < -0.3 is 18.9 Å². The average molecular weight is 313 g/mol. The Morgan fingerprint density at radius 2 is 1.64 bits per heavy atom. The number of benzene rings is 1. The molecular weight excluding hydrogens is 294 g/mol. The number of rotatable bonds is 8. The molecule has 0 radical (unpaired) electrons. The van der Waals surface area contributed by atoms with Gasteiger partial charge in [0.1, 0.15) is 0 Å². The third-order valence-corrected chi connectivity index (χ3v) is 2.64. The van der Waals surface area contributed by atoms with Gasteiger partial charge in [-0.1, -0.05) is 0 Å². The van der Waals surface area contributed by atoms with E-state index in [1.165, 1.54) is 0 Å². The zero-order chi connectivity index (χ0) is 16.7. The van der Waals surface area contributed by atoms with Crippen molar-refractivity contribution in [2.24, 2.45) is 0 Å². The number of nitrogens with zero attached hydrogens (tertiary/aromatic N) is 1. The number of hydrogen-bond donors (Lipinski definition) is 0. The molecular formula is C14H19NO7. The third-order valence-electron chi connectivity index (χ3n) is 2.64. The Hall–Kier alpha value is -2.51. The first kappa shape index (κ1) is 17.5. The highest BCUT2D eigenvalue weighted by Crippen LogP contribution is 2.45. The summed E-state index contributed by atoms with van der Waals surface area (Å²) < 4.78 is 20.9. The summed E-state index contributed by atoms with van der Waals surface area (Å²) in [6.45, 7) is 5.91. The number of carbonyl (C=O) groups is 1. The molecule has 0 saturated carbocycles. The first-order valence-electron chi connectivity index (χ1n) is 6.83. The number of methoxy groups -OCH3 is 1. The summed E-state index contributed by atoms with van der Waals surface area (Å²) in [4.78, 5) is 22.5. The minimum Gasteiger partial charge on any atom is -0.490 e. The number of hydrogen-bond acceptors (Lipinski definition) is 7. The molecule has 1 aromatic carbocycles. The van der Waals surface area contributed by atoms with Crippen molar-refractivity contribution >= 4 is 11.7 Å². The molecule has 0 spiro atoms. The maximum absolute atomic E-state index is 12.0. The molecule has 1 rings (SSSR count). The second-order valence-electron chi connectivity index (χ2n) is 3.97. The molecule has 0 heterocycles. The molecule has 0 fully saturated rings. The van der Waals surface area contributed by atoms with Crippen molar-refractivity contribution in [2.75, 3.05) is 26.9 Å². The van der Waals surface area contributed by atoms with Gasteiger partial charge in [-0.05, 0) is 20.8 Å². The van der Waals surface area contributed by atoms with Crippen molar-refractivity contribution in [2.45, 2.75) is 20.8 Å². The molecule has 1 aromatic rings. The van der Waals surface area contributed by atoms with E-state index in [0.717, 1.165) is 13.2 Å². The lowest BCUT2D eigenvalue weighted by atomic mass is 10.1. The molecule has 0 N–H and O–H groups in total. The van der Waals surface area contributed by atoms with Crippen LogP contribution in [0.1, 0.15) is 31.1 Å². The number of nitro benzene ring substituents is 1. The molecule has 8 heteroatoms. The largest absolute Gasteiger partial charge is 0.490 e. The van der Waals surface area contributed by atoms with Gasteiger partial charge >= 0.3 is 5.97 Å². The molecule has 0 amide bonds. The van der Waals surface area contributed by atoms with Crippen molar-refractivity contribution in [1.29, 1.82) is 0 Å². The summed E-state index contributed by atoms with van der Waals surface area (Å²) in [5.41, 5.74) is -0.747. The minimum atomic E-state index is -0.876. The summed E-state index contributed by atoms with van der Waals surface area (Å²) in [5.74, 6) is -0.627. The van der Waals surface area contributed by atoms with E-state index in [2.05, 4.69) is 4.74 Å². The van der Waals surface area contributed by atoms with Crippen LogP contribution in [0.15, 0.2) is 6.07 Å². The van der Waals surface area contributed by atoms with Gasteiger partial charge in [0.25, 0.3) is 5.69 Å². The van der Waals surface area contributed by atoms with Gasteiger partial charge in [-0.25, -0.2) is 4.79 Å². The van der Waals surface area contributed by atoms with Crippen LogP contribution in [0, 0.1) is 10.1 Å². The Balaban J connectivity index is 3.72. The van der Waals surface area contributed by atoms with E-state index in [1.54, 1.807) is 20.8 Å². The first-order valence-corrected chi connectivity index (χ1v) is 6.83. The topological polar surface area (TPSA) is 97.1 Å². The SMILES string of the molecule is CCOc1cc([N+](=O)[O-])c(C(=O)OC)c(OCC)c1OCC. The fourth-order valence-corrected chi connectivity index (χ4v) is 1.87. The average Bonchev–Trinajstić information content (AvgIpc) is 2.49. The van der Waals surface area contributed by atoms with Crippen molar-refractivity contribution in [3.8, 4) is 17.2 Å². The molecule has 0 aromatic heterocycles. The number of carbonyl (C=O) groups excluding carboxylic acids is 1. The number of ether oxygens (including phenoxy) is 4. The van der Waals surface area contributed by atoms with Gasteiger partial charge in [0.05, 0.1) is 37.9 Å². The smallest absolute Gasteiger partial charge is 0.348 e. The second-order valence-corrected chi connectivity index (χ2v) is 3.97. The highest BCUT2D eigenvalue weighted by Gasteiger charge is 2.33. The van der Waals surface area contributed by atoms with Crippen molar-refractivity contribution in [3.05, 3.63) is 21.7 Å². The Labute approximate surface area is 128 Å². The van der Waals surface area contributed by atoms with Gasteiger partial charge in [-0.15, -0.1) is 0 Å². The van der Waals surface area contributed by atoms with Gasteiger partial charge in [0.2, 0.25) is 5.75 Å². The van der Waals surface area contributed by atoms with Crippen LogP contribution in [0.25, 0.3) is 0 Å². The van der Waals surface area contributed by atoms with Crippen LogP contribution < -0.4 is 14.2 Å². The highest BCUT2D eigenvalue weighted by atomic mass is 16.6. The van der Waals surface area contributed by atoms with Gasteiger partial charge in [-0.3, -0.25) is 10.1 Å². The molecule has 0 atom stereocenters.